The number of nitrogens with zero attached hydrogens (tertiary/aromatic N) is 2. The van der Waals surface area contributed by atoms with Crippen molar-refractivity contribution in [3.05, 3.63) is 12.7 Å². The van der Waals surface area contributed by atoms with Gasteiger partial charge in [0.1, 0.15) is 5.54 Å². The molecule has 2 amide bonds. The van der Waals surface area contributed by atoms with Crippen LogP contribution in [0.4, 0.5) is 0 Å². The number of amides is 2. The zero-order valence-corrected chi connectivity index (χ0v) is 10.8. The van der Waals surface area contributed by atoms with Crippen LogP contribution in [0, 0.1) is 0 Å². The van der Waals surface area contributed by atoms with E-state index >= 15 is 0 Å². The lowest BCUT2D eigenvalue weighted by Crippen LogP contribution is -2.64. The molecule has 0 atom stereocenters. The molecular formula is C12H21N3O2. The minimum absolute atomic E-state index is 0.0131. The fourth-order valence-corrected chi connectivity index (χ4v) is 2.03. The second-order valence-electron chi connectivity index (χ2n) is 4.75. The van der Waals surface area contributed by atoms with E-state index in [9.17, 15) is 9.59 Å². The molecular weight excluding hydrogens is 218 g/mol. The van der Waals surface area contributed by atoms with Crippen molar-refractivity contribution in [2.24, 2.45) is 0 Å². The Balaban J connectivity index is 2.66. The van der Waals surface area contributed by atoms with Crippen molar-refractivity contribution in [3.8, 4) is 0 Å². The van der Waals surface area contributed by atoms with Crippen molar-refractivity contribution < 1.29 is 9.59 Å². The summed E-state index contributed by atoms with van der Waals surface area (Å²) in [6, 6.07) is 0. The van der Waals surface area contributed by atoms with Gasteiger partial charge in [0.05, 0.1) is 6.54 Å². The molecule has 0 unspecified atom stereocenters. The van der Waals surface area contributed by atoms with Gasteiger partial charge in [-0.2, -0.15) is 0 Å². The standard InChI is InChI=1S/C12H21N3O2/c1-5-6-13-9-10(16)15-8-7-14(4)11(17)12(15,2)3/h5,13H,1,6-9H2,2-4H3. The molecule has 17 heavy (non-hydrogen) atoms. The molecule has 0 aromatic heterocycles. The second kappa shape index (κ2) is 5.31. The maximum absolute atomic E-state index is 12.0. The molecule has 96 valence electrons. The highest BCUT2D eigenvalue weighted by molar-refractivity contribution is 5.92. The van der Waals surface area contributed by atoms with Gasteiger partial charge >= 0.3 is 0 Å². The van der Waals surface area contributed by atoms with E-state index in [1.165, 1.54) is 0 Å². The third-order valence-corrected chi connectivity index (χ3v) is 3.07. The maximum atomic E-state index is 12.0. The summed E-state index contributed by atoms with van der Waals surface area (Å²) in [5.41, 5.74) is -0.750. The number of hydrogen-bond acceptors (Lipinski definition) is 3. The molecule has 1 heterocycles. The predicted octanol–water partition coefficient (Wildman–Crippen LogP) is -0.159. The maximum Gasteiger partial charge on any atom is 0.247 e. The van der Waals surface area contributed by atoms with Gasteiger partial charge in [-0.3, -0.25) is 9.59 Å². The van der Waals surface area contributed by atoms with E-state index in [4.69, 9.17) is 0 Å². The molecule has 0 saturated carbocycles. The smallest absolute Gasteiger partial charge is 0.247 e. The first-order valence-electron chi connectivity index (χ1n) is 5.79. The number of nitrogens with one attached hydrogen (secondary N) is 1. The zero-order valence-electron chi connectivity index (χ0n) is 10.8. The quantitative estimate of drug-likeness (QED) is 0.548. The molecule has 0 aromatic rings. The normalized spacial score (nSPS) is 19.4. The van der Waals surface area contributed by atoms with Gasteiger partial charge in [-0.25, -0.2) is 0 Å². The molecule has 5 nitrogen and oxygen atoms in total. The lowest BCUT2D eigenvalue weighted by Gasteiger charge is -2.44. The van der Waals surface area contributed by atoms with Crippen molar-refractivity contribution in [2.75, 3.05) is 33.2 Å². The lowest BCUT2D eigenvalue weighted by atomic mass is 9.97. The monoisotopic (exact) mass is 239 g/mol. The molecule has 1 fully saturated rings. The third kappa shape index (κ3) is 2.85. The number of hydrogen-bond donors (Lipinski definition) is 1. The Morgan fingerprint density at radius 3 is 2.76 bits per heavy atom. The van der Waals surface area contributed by atoms with Crippen LogP contribution < -0.4 is 5.32 Å². The molecule has 1 aliphatic heterocycles. The summed E-state index contributed by atoms with van der Waals surface area (Å²) >= 11 is 0. The second-order valence-corrected chi connectivity index (χ2v) is 4.75. The summed E-state index contributed by atoms with van der Waals surface area (Å²) < 4.78 is 0. The van der Waals surface area contributed by atoms with Gasteiger partial charge < -0.3 is 15.1 Å². The number of carbonyl (C=O) groups is 2. The van der Waals surface area contributed by atoms with E-state index in [0.29, 0.717) is 19.6 Å². The molecule has 1 N–H and O–H groups in total. The van der Waals surface area contributed by atoms with Gasteiger partial charge in [0.2, 0.25) is 11.8 Å². The fourth-order valence-electron chi connectivity index (χ4n) is 2.03. The van der Waals surface area contributed by atoms with E-state index in [1.807, 2.05) is 0 Å². The molecule has 0 bridgehead atoms. The van der Waals surface area contributed by atoms with E-state index in [0.717, 1.165) is 0 Å². The van der Waals surface area contributed by atoms with Crippen molar-refractivity contribution in [2.45, 2.75) is 19.4 Å². The Hall–Kier alpha value is -1.36. The number of carbonyl (C=O) groups excluding carboxylic acids is 2. The summed E-state index contributed by atoms with van der Waals surface area (Å²) in [5.74, 6) is -0.0564. The molecule has 0 radical (unpaired) electrons. The van der Waals surface area contributed by atoms with Crippen LogP contribution in [0.5, 0.6) is 0 Å². The van der Waals surface area contributed by atoms with Crippen molar-refractivity contribution in [3.63, 3.8) is 0 Å². The van der Waals surface area contributed by atoms with Gasteiger partial charge in [-0.1, -0.05) is 6.08 Å². The summed E-state index contributed by atoms with van der Waals surface area (Å²) in [6.07, 6.45) is 1.70. The minimum atomic E-state index is -0.750. The predicted molar refractivity (Wildman–Crippen MR) is 66.5 cm³/mol. The largest absolute Gasteiger partial charge is 0.342 e. The van der Waals surface area contributed by atoms with Gasteiger partial charge in [0.15, 0.2) is 0 Å². The molecule has 5 heteroatoms. The number of piperazine rings is 1. The summed E-state index contributed by atoms with van der Waals surface area (Å²) in [6.45, 7) is 9.16. The summed E-state index contributed by atoms with van der Waals surface area (Å²) in [5, 5.41) is 2.96. The third-order valence-electron chi connectivity index (χ3n) is 3.07. The topological polar surface area (TPSA) is 52.7 Å². The molecule has 1 saturated heterocycles. The molecule has 1 rings (SSSR count). The molecule has 0 aliphatic carbocycles. The van der Waals surface area contributed by atoms with Gasteiger partial charge in [-0.05, 0) is 13.8 Å². The Kier molecular flexibility index (Phi) is 4.28. The van der Waals surface area contributed by atoms with Crippen LogP contribution in [0.1, 0.15) is 13.8 Å². The first kappa shape index (κ1) is 13.7. The Morgan fingerprint density at radius 2 is 2.18 bits per heavy atom. The van der Waals surface area contributed by atoms with Crippen LogP contribution in [0.25, 0.3) is 0 Å². The highest BCUT2D eigenvalue weighted by Crippen LogP contribution is 2.21. The van der Waals surface area contributed by atoms with Crippen LogP contribution in [-0.2, 0) is 9.59 Å². The number of rotatable bonds is 4. The summed E-state index contributed by atoms with van der Waals surface area (Å²) in [4.78, 5) is 27.3. The zero-order chi connectivity index (χ0) is 13.1. The Bertz CT molecular complexity index is 326. The van der Waals surface area contributed by atoms with E-state index in [2.05, 4.69) is 11.9 Å². The molecule has 1 aliphatic rings. The molecule has 0 aromatic carbocycles. The highest BCUT2D eigenvalue weighted by Gasteiger charge is 2.42. The van der Waals surface area contributed by atoms with E-state index < -0.39 is 5.54 Å². The van der Waals surface area contributed by atoms with Crippen molar-refractivity contribution in [1.82, 2.24) is 15.1 Å². The van der Waals surface area contributed by atoms with Gasteiger partial charge in [0, 0.05) is 26.7 Å². The van der Waals surface area contributed by atoms with Gasteiger partial charge in [-0.15, -0.1) is 6.58 Å². The molecule has 0 spiro atoms. The van der Waals surface area contributed by atoms with Crippen LogP contribution in [0.15, 0.2) is 12.7 Å². The van der Waals surface area contributed by atoms with Gasteiger partial charge in [0.25, 0.3) is 0 Å². The van der Waals surface area contributed by atoms with Crippen LogP contribution in [0.3, 0.4) is 0 Å². The van der Waals surface area contributed by atoms with Crippen LogP contribution >= 0.6 is 0 Å². The highest BCUT2D eigenvalue weighted by atomic mass is 16.2. The van der Waals surface area contributed by atoms with Crippen LogP contribution in [0.2, 0.25) is 0 Å². The average molecular weight is 239 g/mol. The Labute approximate surface area is 102 Å². The fraction of sp³-hybridized carbons (Fsp3) is 0.667. The minimum Gasteiger partial charge on any atom is -0.342 e. The van der Waals surface area contributed by atoms with E-state index in [-0.39, 0.29) is 18.4 Å². The van der Waals surface area contributed by atoms with Crippen molar-refractivity contribution >= 4 is 11.8 Å². The first-order chi connectivity index (χ1) is 7.91. The lowest BCUT2D eigenvalue weighted by molar-refractivity contribution is -0.156. The van der Waals surface area contributed by atoms with Crippen molar-refractivity contribution in [1.29, 1.82) is 0 Å². The van der Waals surface area contributed by atoms with E-state index in [1.54, 1.807) is 36.8 Å². The SMILES string of the molecule is C=CCNCC(=O)N1CCN(C)C(=O)C1(C)C. The average Bonchev–Trinajstić information content (AvgIpc) is 2.26. The number of likely N-dealkylation sites (N-methyl/N-ethyl adjacent to an activating group) is 1. The summed E-state index contributed by atoms with van der Waals surface area (Å²) in [7, 11) is 1.77. The first-order valence-corrected chi connectivity index (χ1v) is 5.79. The Morgan fingerprint density at radius 1 is 1.53 bits per heavy atom. The van der Waals surface area contributed by atoms with Crippen LogP contribution in [-0.4, -0.2) is 60.4 Å².